The number of rotatable bonds is 11. The van der Waals surface area contributed by atoms with E-state index in [0.29, 0.717) is 32.3 Å². The molecule has 0 amide bonds. The molecule has 0 aliphatic heterocycles. The lowest BCUT2D eigenvalue weighted by molar-refractivity contribution is 0.217. The monoisotopic (exact) mass is 405 g/mol. The highest BCUT2D eigenvalue weighted by Crippen LogP contribution is 2.27. The van der Waals surface area contributed by atoms with Crippen LogP contribution in [0.2, 0.25) is 0 Å². The summed E-state index contributed by atoms with van der Waals surface area (Å²) in [5.74, 6) is 3.08. The second-order valence-corrected chi connectivity index (χ2v) is 7.51. The summed E-state index contributed by atoms with van der Waals surface area (Å²) in [5.41, 5.74) is 3.46. The predicted octanol–water partition coefficient (Wildman–Crippen LogP) is 6.07. The molecule has 0 bridgehead atoms. The normalized spacial score (nSPS) is 10.7. The van der Waals surface area contributed by atoms with Gasteiger partial charge in [0.25, 0.3) is 0 Å². The van der Waals surface area contributed by atoms with Gasteiger partial charge in [-0.15, -0.1) is 0 Å². The molecule has 0 saturated heterocycles. The Balaban J connectivity index is 1.42. The first-order chi connectivity index (χ1) is 14.6. The molecule has 0 saturated carbocycles. The van der Waals surface area contributed by atoms with Gasteiger partial charge in [0.05, 0.1) is 0 Å². The smallest absolute Gasteiger partial charge is 0.123 e. The van der Waals surface area contributed by atoms with Crippen LogP contribution in [0.25, 0.3) is 0 Å². The van der Waals surface area contributed by atoms with Gasteiger partial charge in [0, 0.05) is 18.3 Å². The molecular weight excluding hydrogens is 374 g/mol. The van der Waals surface area contributed by atoms with Crippen LogP contribution in [0, 0.1) is 6.92 Å². The van der Waals surface area contributed by atoms with E-state index in [1.165, 1.54) is 11.1 Å². The van der Waals surface area contributed by atoms with Gasteiger partial charge in [0.15, 0.2) is 0 Å². The van der Waals surface area contributed by atoms with Crippen molar-refractivity contribution in [3.63, 3.8) is 0 Å². The maximum Gasteiger partial charge on any atom is 0.123 e. The lowest BCUT2D eigenvalue weighted by Crippen LogP contribution is -2.13. The highest BCUT2D eigenvalue weighted by atomic mass is 16.5. The highest BCUT2D eigenvalue weighted by Gasteiger charge is 2.08. The minimum Gasteiger partial charge on any atom is -0.491 e. The summed E-state index contributed by atoms with van der Waals surface area (Å²) in [4.78, 5) is 0. The lowest BCUT2D eigenvalue weighted by atomic mass is 10.0. The van der Waals surface area contributed by atoms with E-state index >= 15 is 0 Å². The molecule has 3 aromatic carbocycles. The molecule has 158 valence electrons. The van der Waals surface area contributed by atoms with Crippen LogP contribution < -0.4 is 19.5 Å². The second kappa shape index (κ2) is 11.1. The number of hydrogen-bond acceptors (Lipinski definition) is 4. The molecule has 4 heteroatoms. The third-order valence-electron chi connectivity index (χ3n) is 4.68. The molecule has 0 radical (unpaired) electrons. The van der Waals surface area contributed by atoms with Crippen LogP contribution in [0.15, 0.2) is 72.8 Å². The van der Waals surface area contributed by atoms with Crippen LogP contribution in [0.4, 0.5) is 5.69 Å². The maximum atomic E-state index is 6.04. The molecule has 3 rings (SSSR count). The summed E-state index contributed by atoms with van der Waals surface area (Å²) in [6.07, 6.45) is 0. The fraction of sp³-hybridized carbons (Fsp3) is 0.308. The molecule has 0 unspecified atom stereocenters. The van der Waals surface area contributed by atoms with Gasteiger partial charge < -0.3 is 19.5 Å². The van der Waals surface area contributed by atoms with Crippen LogP contribution in [-0.4, -0.2) is 26.4 Å². The van der Waals surface area contributed by atoms with E-state index in [1.807, 2.05) is 54.6 Å². The predicted molar refractivity (Wildman–Crippen MR) is 123 cm³/mol. The third kappa shape index (κ3) is 6.73. The van der Waals surface area contributed by atoms with Gasteiger partial charge in [0.2, 0.25) is 0 Å². The molecule has 0 aromatic heterocycles. The highest BCUT2D eigenvalue weighted by molar-refractivity contribution is 5.48. The Labute approximate surface area is 179 Å². The molecule has 0 atom stereocenters. The van der Waals surface area contributed by atoms with Gasteiger partial charge in [-0.2, -0.15) is 0 Å². The quantitative estimate of drug-likeness (QED) is 0.393. The van der Waals surface area contributed by atoms with Gasteiger partial charge >= 0.3 is 0 Å². The Morgan fingerprint density at radius 3 is 2.23 bits per heavy atom. The van der Waals surface area contributed by atoms with E-state index in [1.54, 1.807) is 0 Å². The number of ether oxygens (including phenoxy) is 3. The number of benzene rings is 3. The fourth-order valence-corrected chi connectivity index (χ4v) is 3.13. The first-order valence-electron chi connectivity index (χ1n) is 10.5. The molecule has 4 nitrogen and oxygen atoms in total. The molecule has 3 aromatic rings. The summed E-state index contributed by atoms with van der Waals surface area (Å²) < 4.78 is 17.5. The maximum absolute atomic E-state index is 6.04. The molecule has 30 heavy (non-hydrogen) atoms. The standard InChI is InChI=1S/C26H31NO3/c1-20(2)25-13-12-21(3)18-26(25)30-15-14-27-22-8-7-11-24(19-22)29-17-16-28-23-9-5-4-6-10-23/h4-13,18-20,27H,14-17H2,1-3H3. The van der Waals surface area contributed by atoms with E-state index in [-0.39, 0.29) is 0 Å². The van der Waals surface area contributed by atoms with Crippen LogP contribution in [0.1, 0.15) is 30.9 Å². The molecule has 0 fully saturated rings. The van der Waals surface area contributed by atoms with Crippen LogP contribution in [0.3, 0.4) is 0 Å². The summed E-state index contributed by atoms with van der Waals surface area (Å²) in [5, 5.41) is 3.40. The number of nitrogens with one attached hydrogen (secondary N) is 1. The number of hydrogen-bond donors (Lipinski definition) is 1. The second-order valence-electron chi connectivity index (χ2n) is 7.51. The van der Waals surface area contributed by atoms with Crippen molar-refractivity contribution in [3.05, 3.63) is 83.9 Å². The zero-order chi connectivity index (χ0) is 21.2. The number of para-hydroxylation sites is 1. The van der Waals surface area contributed by atoms with Crippen molar-refractivity contribution in [2.45, 2.75) is 26.7 Å². The van der Waals surface area contributed by atoms with E-state index in [4.69, 9.17) is 14.2 Å². The number of aryl methyl sites for hydroxylation is 1. The molecule has 1 N–H and O–H groups in total. The van der Waals surface area contributed by atoms with Crippen LogP contribution >= 0.6 is 0 Å². The Bertz CT molecular complexity index is 909. The largest absolute Gasteiger partial charge is 0.491 e. The summed E-state index contributed by atoms with van der Waals surface area (Å²) in [6, 6.07) is 24.1. The van der Waals surface area contributed by atoms with E-state index in [9.17, 15) is 0 Å². The summed E-state index contributed by atoms with van der Waals surface area (Å²) in [6.45, 7) is 8.77. The Hall–Kier alpha value is -3.14. The zero-order valence-electron chi connectivity index (χ0n) is 18.1. The Morgan fingerprint density at radius 1 is 0.733 bits per heavy atom. The first kappa shape index (κ1) is 21.6. The lowest BCUT2D eigenvalue weighted by Gasteiger charge is -2.15. The van der Waals surface area contributed by atoms with Crippen molar-refractivity contribution in [1.82, 2.24) is 0 Å². The fourth-order valence-electron chi connectivity index (χ4n) is 3.13. The van der Waals surface area contributed by atoms with Crippen molar-refractivity contribution in [2.24, 2.45) is 0 Å². The molecule has 0 aliphatic rings. The van der Waals surface area contributed by atoms with Gasteiger partial charge in [-0.25, -0.2) is 0 Å². The molecule has 0 heterocycles. The van der Waals surface area contributed by atoms with Gasteiger partial charge in [-0.3, -0.25) is 0 Å². The average Bonchev–Trinajstić information content (AvgIpc) is 2.75. The van der Waals surface area contributed by atoms with Crippen LogP contribution in [-0.2, 0) is 0 Å². The summed E-state index contributed by atoms with van der Waals surface area (Å²) in [7, 11) is 0. The minimum absolute atomic E-state index is 0.438. The van der Waals surface area contributed by atoms with E-state index in [0.717, 1.165) is 22.9 Å². The van der Waals surface area contributed by atoms with Crippen molar-refractivity contribution < 1.29 is 14.2 Å². The molecular formula is C26H31NO3. The topological polar surface area (TPSA) is 39.7 Å². The Morgan fingerprint density at radius 2 is 1.47 bits per heavy atom. The summed E-state index contributed by atoms with van der Waals surface area (Å²) >= 11 is 0. The number of anilines is 1. The minimum atomic E-state index is 0.438. The van der Waals surface area contributed by atoms with Crippen molar-refractivity contribution in [3.8, 4) is 17.2 Å². The van der Waals surface area contributed by atoms with Gasteiger partial charge in [0.1, 0.15) is 37.1 Å². The van der Waals surface area contributed by atoms with Crippen molar-refractivity contribution in [2.75, 3.05) is 31.7 Å². The van der Waals surface area contributed by atoms with Gasteiger partial charge in [-0.1, -0.05) is 50.2 Å². The first-order valence-corrected chi connectivity index (χ1v) is 10.5. The van der Waals surface area contributed by atoms with Crippen molar-refractivity contribution >= 4 is 5.69 Å². The van der Waals surface area contributed by atoms with Crippen LogP contribution in [0.5, 0.6) is 17.2 Å². The van der Waals surface area contributed by atoms with E-state index < -0.39 is 0 Å². The molecule has 0 spiro atoms. The average molecular weight is 406 g/mol. The van der Waals surface area contributed by atoms with Crippen molar-refractivity contribution in [1.29, 1.82) is 0 Å². The Kier molecular flexibility index (Phi) is 8.02. The SMILES string of the molecule is Cc1ccc(C(C)C)c(OCCNc2cccc(OCCOc3ccccc3)c2)c1. The molecule has 0 aliphatic carbocycles. The van der Waals surface area contributed by atoms with Gasteiger partial charge in [-0.05, 0) is 54.3 Å². The third-order valence-corrected chi connectivity index (χ3v) is 4.68. The zero-order valence-corrected chi connectivity index (χ0v) is 18.1. The van der Waals surface area contributed by atoms with E-state index in [2.05, 4.69) is 44.3 Å².